The van der Waals surface area contributed by atoms with Crippen LogP contribution in [0, 0.1) is 50.7 Å². The molecule has 7 heteroatoms. The number of alkyl halides is 2. The van der Waals surface area contributed by atoms with Gasteiger partial charge in [0.15, 0.2) is 5.78 Å². The fraction of sp³-hybridized carbons (Fsp3) is 0.868. The SMILES string of the molecule is CC(=O)O[C@H]1CC[C@@]2(C)C(CC[C@]3(C)C2CC[C@@H]2C4=C(C(C)C)C(=O)C[C@]4(C(=O)NC4CCC(F)(F)CC4)CC[C@]23C)C1(C)C. The molecule has 0 aromatic carbocycles. The molecule has 8 atom stereocenters. The van der Waals surface area contributed by atoms with Crippen molar-refractivity contribution >= 4 is 17.7 Å². The van der Waals surface area contributed by atoms with Gasteiger partial charge < -0.3 is 10.1 Å². The molecular weight excluding hydrogens is 572 g/mol. The van der Waals surface area contributed by atoms with Crippen LogP contribution >= 0.6 is 0 Å². The molecule has 0 aromatic rings. The van der Waals surface area contributed by atoms with E-state index in [0.29, 0.717) is 18.3 Å². The summed E-state index contributed by atoms with van der Waals surface area (Å²) >= 11 is 0. The third-order valence-electron chi connectivity index (χ3n) is 15.2. The maximum Gasteiger partial charge on any atom is 0.302 e. The number of fused-ring (bicyclic) bond motifs is 7. The van der Waals surface area contributed by atoms with E-state index < -0.39 is 11.3 Å². The number of amides is 1. The molecule has 0 aromatic heterocycles. The van der Waals surface area contributed by atoms with Gasteiger partial charge in [-0.2, -0.15) is 0 Å². The minimum absolute atomic E-state index is 0.0361. The van der Waals surface area contributed by atoms with E-state index in [1.807, 2.05) is 0 Å². The van der Waals surface area contributed by atoms with Crippen LogP contribution in [0.5, 0.6) is 0 Å². The number of ether oxygens (including phenoxy) is 1. The first-order valence-corrected chi connectivity index (χ1v) is 18.0. The summed E-state index contributed by atoms with van der Waals surface area (Å²) in [4.78, 5) is 40.2. The van der Waals surface area contributed by atoms with E-state index in [9.17, 15) is 23.2 Å². The van der Waals surface area contributed by atoms with Crippen LogP contribution in [-0.2, 0) is 19.1 Å². The molecular formula is C38H57F2NO4. The second-order valence-electron chi connectivity index (χ2n) is 17.8. The lowest BCUT2D eigenvalue weighted by atomic mass is 9.33. The topological polar surface area (TPSA) is 72.5 Å². The summed E-state index contributed by atoms with van der Waals surface area (Å²) in [5.74, 6) is -1.66. The molecule has 5 fully saturated rings. The van der Waals surface area contributed by atoms with Gasteiger partial charge in [0.1, 0.15) is 6.10 Å². The quantitative estimate of drug-likeness (QED) is 0.316. The molecule has 252 valence electrons. The summed E-state index contributed by atoms with van der Waals surface area (Å²) in [6.07, 6.45) is 8.04. The maximum atomic E-state index is 14.4. The Labute approximate surface area is 269 Å². The number of rotatable bonds is 4. The van der Waals surface area contributed by atoms with Crippen molar-refractivity contribution in [3.8, 4) is 0 Å². The Hall–Kier alpha value is -1.79. The molecule has 6 aliphatic rings. The largest absolute Gasteiger partial charge is 0.462 e. The Kier molecular flexibility index (Phi) is 7.81. The van der Waals surface area contributed by atoms with Crippen molar-refractivity contribution in [2.24, 2.45) is 50.7 Å². The highest BCUT2D eigenvalue weighted by atomic mass is 19.3. The van der Waals surface area contributed by atoms with E-state index in [-0.39, 0.29) is 95.4 Å². The first-order chi connectivity index (χ1) is 20.8. The van der Waals surface area contributed by atoms with Gasteiger partial charge >= 0.3 is 5.97 Å². The normalized spacial score (nSPS) is 44.0. The average molecular weight is 630 g/mol. The summed E-state index contributed by atoms with van der Waals surface area (Å²) in [6.45, 7) is 17.8. The number of hydrogen-bond acceptors (Lipinski definition) is 4. The zero-order valence-electron chi connectivity index (χ0n) is 29.0. The molecule has 2 unspecified atom stereocenters. The summed E-state index contributed by atoms with van der Waals surface area (Å²) in [5.41, 5.74) is 1.14. The highest BCUT2D eigenvalue weighted by molar-refractivity contribution is 6.07. The monoisotopic (exact) mass is 629 g/mol. The smallest absolute Gasteiger partial charge is 0.302 e. The summed E-state index contributed by atoms with van der Waals surface area (Å²) < 4.78 is 33.8. The Morgan fingerprint density at radius 2 is 1.49 bits per heavy atom. The minimum Gasteiger partial charge on any atom is -0.462 e. The lowest BCUT2D eigenvalue weighted by Gasteiger charge is -2.72. The molecule has 6 aliphatic carbocycles. The van der Waals surface area contributed by atoms with Crippen LogP contribution in [0.3, 0.4) is 0 Å². The van der Waals surface area contributed by atoms with Crippen LogP contribution in [0.25, 0.3) is 0 Å². The predicted molar refractivity (Wildman–Crippen MR) is 170 cm³/mol. The molecule has 5 saturated carbocycles. The van der Waals surface area contributed by atoms with Crippen LogP contribution in [-0.4, -0.2) is 35.7 Å². The number of hydrogen-bond donors (Lipinski definition) is 1. The molecule has 0 spiro atoms. The number of allylic oxidation sites excluding steroid dienone is 1. The zero-order chi connectivity index (χ0) is 33.0. The van der Waals surface area contributed by atoms with E-state index in [0.717, 1.165) is 56.1 Å². The second-order valence-corrected chi connectivity index (χ2v) is 17.8. The number of halogens is 2. The third-order valence-corrected chi connectivity index (χ3v) is 15.2. The summed E-state index contributed by atoms with van der Waals surface area (Å²) in [7, 11) is 0. The van der Waals surface area contributed by atoms with E-state index in [1.165, 1.54) is 6.92 Å². The van der Waals surface area contributed by atoms with Crippen molar-refractivity contribution in [3.05, 3.63) is 11.1 Å². The predicted octanol–water partition coefficient (Wildman–Crippen LogP) is 8.59. The van der Waals surface area contributed by atoms with Gasteiger partial charge in [0.2, 0.25) is 11.8 Å². The summed E-state index contributed by atoms with van der Waals surface area (Å²) in [5, 5.41) is 3.22. The van der Waals surface area contributed by atoms with Crippen LogP contribution in [0.15, 0.2) is 11.1 Å². The van der Waals surface area contributed by atoms with Crippen molar-refractivity contribution in [1.29, 1.82) is 0 Å². The zero-order valence-corrected chi connectivity index (χ0v) is 29.0. The second kappa shape index (κ2) is 10.6. The van der Waals surface area contributed by atoms with Crippen molar-refractivity contribution in [3.63, 3.8) is 0 Å². The van der Waals surface area contributed by atoms with Gasteiger partial charge in [-0.3, -0.25) is 14.4 Å². The van der Waals surface area contributed by atoms with Gasteiger partial charge in [-0.05, 0) is 115 Å². The molecule has 0 saturated heterocycles. The fourth-order valence-corrected chi connectivity index (χ4v) is 12.8. The number of carbonyl (C=O) groups excluding carboxylic acids is 3. The number of carbonyl (C=O) groups is 3. The van der Waals surface area contributed by atoms with Gasteiger partial charge in [0.05, 0.1) is 5.41 Å². The van der Waals surface area contributed by atoms with Crippen molar-refractivity contribution < 1.29 is 27.9 Å². The van der Waals surface area contributed by atoms with Crippen molar-refractivity contribution in [2.45, 2.75) is 157 Å². The standard InChI is InChI=1S/C38H57F2NO4/c1-22(2)30-26(43)21-37(32(44)41-24-11-17-38(39,40)18-12-24)20-19-35(7)25(31(30)37)9-10-28-34(6)15-14-29(45-23(3)42)33(4,5)27(34)13-16-36(28,35)8/h22,24-25,27-29H,9-21H2,1-8H3,(H,41,44)/t25-,27?,28?,29+,34+,35-,36-,37-/m1/s1. The summed E-state index contributed by atoms with van der Waals surface area (Å²) in [6, 6.07) is -0.256. The van der Waals surface area contributed by atoms with E-state index in [4.69, 9.17) is 4.74 Å². The van der Waals surface area contributed by atoms with E-state index in [1.54, 1.807) is 0 Å². The molecule has 45 heavy (non-hydrogen) atoms. The number of nitrogens with one attached hydrogen (secondary N) is 1. The first kappa shape index (κ1) is 33.1. The first-order valence-electron chi connectivity index (χ1n) is 18.0. The van der Waals surface area contributed by atoms with Crippen molar-refractivity contribution in [1.82, 2.24) is 5.32 Å². The van der Waals surface area contributed by atoms with E-state index in [2.05, 4.69) is 53.8 Å². The molecule has 1 N–H and O–H groups in total. The molecule has 0 heterocycles. The van der Waals surface area contributed by atoms with Gasteiger partial charge in [-0.25, -0.2) is 8.78 Å². The van der Waals surface area contributed by atoms with Gasteiger partial charge in [0.25, 0.3) is 0 Å². The number of esters is 1. The third kappa shape index (κ3) is 4.72. The number of Topliss-reactive ketones (excluding diaryl/α,β-unsaturated/α-hetero) is 1. The van der Waals surface area contributed by atoms with Crippen LogP contribution in [0.4, 0.5) is 8.78 Å². The Morgan fingerprint density at radius 3 is 2.11 bits per heavy atom. The van der Waals surface area contributed by atoms with Crippen LogP contribution in [0.2, 0.25) is 0 Å². The molecule has 0 aliphatic heterocycles. The van der Waals surface area contributed by atoms with Gasteiger partial charge in [-0.1, -0.05) is 48.5 Å². The van der Waals surface area contributed by atoms with Gasteiger partial charge in [0, 0.05) is 37.6 Å². The minimum atomic E-state index is -2.65. The van der Waals surface area contributed by atoms with Gasteiger partial charge in [-0.15, -0.1) is 0 Å². The maximum absolute atomic E-state index is 14.4. The fourth-order valence-electron chi connectivity index (χ4n) is 12.8. The average Bonchev–Trinajstić information content (AvgIpc) is 3.25. The number of ketones is 1. The van der Waals surface area contributed by atoms with Crippen LogP contribution in [0.1, 0.15) is 139 Å². The Bertz CT molecular complexity index is 1290. The van der Waals surface area contributed by atoms with Crippen LogP contribution < -0.4 is 5.32 Å². The lowest BCUT2D eigenvalue weighted by molar-refractivity contribution is -0.232. The molecule has 6 rings (SSSR count). The molecule has 1 amide bonds. The van der Waals surface area contributed by atoms with E-state index >= 15 is 0 Å². The highest BCUT2D eigenvalue weighted by Gasteiger charge is 2.71. The highest BCUT2D eigenvalue weighted by Crippen LogP contribution is 2.76. The molecule has 0 bridgehead atoms. The molecule has 0 radical (unpaired) electrons. The van der Waals surface area contributed by atoms with Crippen molar-refractivity contribution in [2.75, 3.05) is 0 Å². The lowest BCUT2D eigenvalue weighted by Crippen LogP contribution is -2.66. The molecule has 5 nitrogen and oxygen atoms in total. The Balaban J connectivity index is 1.34. The Morgan fingerprint density at radius 1 is 0.822 bits per heavy atom.